The van der Waals surface area contributed by atoms with Gasteiger partial charge in [0.15, 0.2) is 6.10 Å². The van der Waals surface area contributed by atoms with Gasteiger partial charge < -0.3 is 19.3 Å². The van der Waals surface area contributed by atoms with Crippen LogP contribution in [0.4, 0.5) is 0 Å². The maximum atomic E-state index is 12.6. The largest absolute Gasteiger partial charge is 0.472 e. The zero-order chi connectivity index (χ0) is 44.8. The number of hydrogen-bond acceptors (Lipinski definition) is 8. The Hall–Kier alpha value is -4.11. The summed E-state index contributed by atoms with van der Waals surface area (Å²) in [6.07, 6.45) is 62.1. The Labute approximate surface area is 370 Å². The Morgan fingerprint density at radius 3 is 1.16 bits per heavy atom. The van der Waals surface area contributed by atoms with Crippen LogP contribution in [0.15, 0.2) is 146 Å². The van der Waals surface area contributed by atoms with Crippen LogP contribution in [-0.4, -0.2) is 68.3 Å². The molecule has 0 radical (unpaired) electrons. The van der Waals surface area contributed by atoms with E-state index in [-0.39, 0.29) is 26.1 Å². The Morgan fingerprint density at radius 1 is 0.492 bits per heavy atom. The smallest absolute Gasteiger partial charge is 0.462 e. The van der Waals surface area contributed by atoms with Gasteiger partial charge in [-0.1, -0.05) is 160 Å². The van der Waals surface area contributed by atoms with Gasteiger partial charge in [-0.15, -0.1) is 0 Å². The summed E-state index contributed by atoms with van der Waals surface area (Å²) >= 11 is 0. The highest BCUT2D eigenvalue weighted by molar-refractivity contribution is 7.47. The van der Waals surface area contributed by atoms with Gasteiger partial charge in [-0.05, 0) is 104 Å². The minimum Gasteiger partial charge on any atom is -0.462 e. The van der Waals surface area contributed by atoms with Crippen LogP contribution < -0.4 is 0 Å². The van der Waals surface area contributed by atoms with Crippen molar-refractivity contribution in [1.82, 2.24) is 4.90 Å². The number of rotatable bonds is 38. The Balaban J connectivity index is 4.57. The molecule has 10 heteroatoms. The van der Waals surface area contributed by atoms with Gasteiger partial charge in [-0.25, -0.2) is 4.57 Å². The zero-order valence-electron chi connectivity index (χ0n) is 37.8. The number of phosphoric acid groups is 1. The van der Waals surface area contributed by atoms with Gasteiger partial charge in [0.2, 0.25) is 0 Å². The van der Waals surface area contributed by atoms with Crippen molar-refractivity contribution in [1.29, 1.82) is 0 Å². The van der Waals surface area contributed by atoms with Crippen molar-refractivity contribution in [2.24, 2.45) is 0 Å². The molecule has 0 saturated heterocycles. The predicted molar refractivity (Wildman–Crippen MR) is 256 cm³/mol. The molecule has 0 aliphatic heterocycles. The third-order valence-electron chi connectivity index (χ3n) is 8.17. The highest BCUT2D eigenvalue weighted by Crippen LogP contribution is 2.43. The maximum Gasteiger partial charge on any atom is 0.472 e. The molecule has 0 aliphatic carbocycles. The molecular formula is C51H78NO8P. The van der Waals surface area contributed by atoms with Crippen molar-refractivity contribution in [3.8, 4) is 0 Å². The molecule has 1 N–H and O–H groups in total. The number of hydrogen-bond donors (Lipinski definition) is 1. The van der Waals surface area contributed by atoms with Crippen LogP contribution in [-0.2, 0) is 32.7 Å². The highest BCUT2D eigenvalue weighted by atomic mass is 31.2. The first-order valence-corrected chi connectivity index (χ1v) is 23.6. The van der Waals surface area contributed by atoms with Crippen LogP contribution in [0.25, 0.3) is 0 Å². The fraction of sp³-hybridized carbons (Fsp3) is 0.490. The lowest BCUT2D eigenvalue weighted by Crippen LogP contribution is -2.29. The van der Waals surface area contributed by atoms with E-state index in [2.05, 4.69) is 135 Å². The van der Waals surface area contributed by atoms with Gasteiger partial charge in [0.05, 0.1) is 13.2 Å². The Kier molecular flexibility index (Phi) is 41.0. The van der Waals surface area contributed by atoms with Crippen LogP contribution in [0, 0.1) is 0 Å². The van der Waals surface area contributed by atoms with Crippen molar-refractivity contribution in [2.75, 3.05) is 40.5 Å². The number of carbonyl (C=O) groups excluding carboxylic acids is 2. The van der Waals surface area contributed by atoms with Gasteiger partial charge in [0.25, 0.3) is 0 Å². The molecule has 340 valence electrons. The first-order valence-electron chi connectivity index (χ1n) is 22.1. The molecule has 9 nitrogen and oxygen atoms in total. The topological polar surface area (TPSA) is 112 Å². The molecule has 2 atom stereocenters. The van der Waals surface area contributed by atoms with E-state index >= 15 is 0 Å². The van der Waals surface area contributed by atoms with E-state index in [4.69, 9.17) is 18.5 Å². The van der Waals surface area contributed by atoms with E-state index in [1.54, 1.807) is 19.0 Å². The van der Waals surface area contributed by atoms with E-state index in [9.17, 15) is 19.0 Å². The zero-order valence-corrected chi connectivity index (χ0v) is 38.7. The lowest BCUT2D eigenvalue weighted by atomic mass is 10.2. The summed E-state index contributed by atoms with van der Waals surface area (Å²) in [5.41, 5.74) is 0. The first-order chi connectivity index (χ1) is 29.7. The third-order valence-corrected chi connectivity index (χ3v) is 9.15. The maximum absolute atomic E-state index is 12.6. The van der Waals surface area contributed by atoms with Crippen LogP contribution in [0.3, 0.4) is 0 Å². The molecule has 0 aliphatic rings. The highest BCUT2D eigenvalue weighted by Gasteiger charge is 2.26. The van der Waals surface area contributed by atoms with Crippen LogP contribution in [0.5, 0.6) is 0 Å². The van der Waals surface area contributed by atoms with Gasteiger partial charge in [0, 0.05) is 19.4 Å². The average molecular weight is 864 g/mol. The molecule has 0 rings (SSSR count). The van der Waals surface area contributed by atoms with Crippen LogP contribution in [0.1, 0.15) is 117 Å². The molecular weight excluding hydrogens is 786 g/mol. The average Bonchev–Trinajstić information content (AvgIpc) is 3.23. The summed E-state index contributed by atoms with van der Waals surface area (Å²) in [5, 5.41) is 0. The third kappa shape index (κ3) is 45.3. The summed E-state index contributed by atoms with van der Waals surface area (Å²) in [6, 6.07) is 0. The van der Waals surface area contributed by atoms with Crippen molar-refractivity contribution >= 4 is 19.8 Å². The summed E-state index contributed by atoms with van der Waals surface area (Å²) in [6.45, 7) is 3.88. The van der Waals surface area contributed by atoms with E-state index in [1.807, 2.05) is 24.3 Å². The second-order valence-corrected chi connectivity index (χ2v) is 15.6. The molecule has 0 heterocycles. The number of carbonyl (C=O) groups is 2. The number of allylic oxidation sites excluding steroid dienone is 24. The van der Waals surface area contributed by atoms with E-state index in [0.29, 0.717) is 19.4 Å². The fourth-order valence-corrected chi connectivity index (χ4v) is 5.60. The Bertz CT molecular complexity index is 1510. The van der Waals surface area contributed by atoms with Gasteiger partial charge in [0.1, 0.15) is 6.61 Å². The molecule has 0 bridgehead atoms. The minimum atomic E-state index is -4.41. The van der Waals surface area contributed by atoms with Gasteiger partial charge >= 0.3 is 19.8 Å². The second kappa shape index (κ2) is 44.0. The van der Waals surface area contributed by atoms with Gasteiger partial charge in [-0.2, -0.15) is 0 Å². The SMILES string of the molecule is CC/C=C\C/C=C\C/C=C\C/C=C\C/C=C\C/C=C\CCC(=O)OCC(COP(=O)(O)OCCN(C)C)OC(=O)CC/C=C\C/C=C\C/C=C\C/C=C\C/C=C\C/C=C\CC. The summed E-state index contributed by atoms with van der Waals surface area (Å²) in [4.78, 5) is 37.0. The number of ether oxygens (including phenoxy) is 2. The van der Waals surface area contributed by atoms with Crippen molar-refractivity contribution in [2.45, 2.75) is 123 Å². The van der Waals surface area contributed by atoms with Crippen molar-refractivity contribution in [3.63, 3.8) is 0 Å². The number of esters is 2. The minimum absolute atomic E-state index is 0.0270. The summed E-state index contributed by atoms with van der Waals surface area (Å²) in [5.74, 6) is -1.02. The molecule has 0 aromatic rings. The molecule has 0 amide bonds. The molecule has 2 unspecified atom stereocenters. The lowest BCUT2D eigenvalue weighted by molar-refractivity contribution is -0.161. The predicted octanol–water partition coefficient (Wildman–Crippen LogP) is 13.1. The quantitative estimate of drug-likeness (QED) is 0.0368. The molecule has 0 aromatic carbocycles. The van der Waals surface area contributed by atoms with Gasteiger partial charge in [-0.3, -0.25) is 18.6 Å². The molecule has 0 fully saturated rings. The number of phosphoric ester groups is 1. The molecule has 0 saturated carbocycles. The molecule has 0 spiro atoms. The standard InChI is InChI=1S/C51H78NO8P/c1-5-7-9-11-13-15-17-19-21-23-25-27-29-31-33-35-37-39-41-43-50(53)57-47-49(48-59-61(55,56)58-46-45-52(3)4)60-51(54)44-42-40-38-36-34-32-30-28-26-24-22-20-18-16-14-12-10-8-6-2/h7-10,13-16,19-22,25-28,31-34,37-40,49H,5-6,11-12,17-18,23-24,29-30,35-36,41-48H2,1-4H3,(H,55,56)/b9-7-,10-8-,15-13-,16-14-,21-19-,22-20-,27-25-,28-26-,33-31-,34-32-,39-37-,40-38-. The first kappa shape index (κ1) is 56.9. The number of likely N-dealkylation sites (N-methyl/N-ethyl adjacent to an activating group) is 1. The molecule has 0 aromatic heterocycles. The summed E-state index contributed by atoms with van der Waals surface area (Å²) in [7, 11) is -0.804. The Morgan fingerprint density at radius 2 is 0.820 bits per heavy atom. The van der Waals surface area contributed by atoms with E-state index < -0.39 is 32.5 Å². The normalized spacial score (nSPS) is 14.7. The lowest BCUT2D eigenvalue weighted by Gasteiger charge is -2.20. The second-order valence-electron chi connectivity index (χ2n) is 14.1. The van der Waals surface area contributed by atoms with Crippen molar-refractivity contribution < 1.29 is 37.6 Å². The van der Waals surface area contributed by atoms with E-state index in [1.165, 1.54) is 0 Å². The fourth-order valence-electron chi connectivity index (χ4n) is 4.85. The van der Waals surface area contributed by atoms with Crippen LogP contribution in [0.2, 0.25) is 0 Å². The van der Waals surface area contributed by atoms with Crippen molar-refractivity contribution in [3.05, 3.63) is 146 Å². The monoisotopic (exact) mass is 864 g/mol. The molecule has 61 heavy (non-hydrogen) atoms. The van der Waals surface area contributed by atoms with E-state index in [0.717, 1.165) is 77.0 Å². The number of nitrogens with zero attached hydrogens (tertiary/aromatic N) is 1. The summed E-state index contributed by atoms with van der Waals surface area (Å²) < 4.78 is 33.3. The van der Waals surface area contributed by atoms with Crippen LogP contribution >= 0.6 is 7.82 Å².